The fraction of sp³-hybridized carbons (Fsp3) is 1.00. The van der Waals surface area contributed by atoms with Gasteiger partial charge in [0.05, 0.1) is 0 Å². The first-order chi connectivity index (χ1) is 6.83. The van der Waals surface area contributed by atoms with Gasteiger partial charge in [0.15, 0.2) is 0 Å². The molecule has 0 aromatic heterocycles. The van der Waals surface area contributed by atoms with Crippen molar-refractivity contribution in [3.8, 4) is 0 Å². The molecule has 1 N–H and O–H groups in total. The summed E-state index contributed by atoms with van der Waals surface area (Å²) in [6, 6.07) is 0.772. The third-order valence-corrected chi connectivity index (χ3v) is 4.54. The van der Waals surface area contributed by atoms with Gasteiger partial charge in [0.2, 0.25) is 0 Å². The number of rotatable bonds is 5. The lowest BCUT2D eigenvalue weighted by Gasteiger charge is -2.24. The van der Waals surface area contributed by atoms with Gasteiger partial charge >= 0.3 is 0 Å². The molecule has 2 saturated carbocycles. The van der Waals surface area contributed by atoms with Crippen molar-refractivity contribution in [1.29, 1.82) is 0 Å². The molecule has 1 heteroatoms. The maximum absolute atomic E-state index is 3.75. The van der Waals surface area contributed by atoms with E-state index in [9.17, 15) is 0 Å². The van der Waals surface area contributed by atoms with Crippen LogP contribution in [0.15, 0.2) is 0 Å². The zero-order valence-electron chi connectivity index (χ0n) is 9.76. The first-order valence-corrected chi connectivity index (χ1v) is 6.56. The second-order valence-electron chi connectivity index (χ2n) is 5.36. The standard InChI is InChI=1S/C13H25N/c1-3-13(4-2)14-9-12-8-10-5-6-11(12)7-10/h10-14H,3-9H2,1-2H3/t10-,11+,12+/m1/s1. The summed E-state index contributed by atoms with van der Waals surface area (Å²) in [5.41, 5.74) is 0. The molecule has 0 amide bonds. The summed E-state index contributed by atoms with van der Waals surface area (Å²) in [6.45, 7) is 5.89. The highest BCUT2D eigenvalue weighted by atomic mass is 14.9. The van der Waals surface area contributed by atoms with Gasteiger partial charge in [-0.05, 0) is 56.4 Å². The molecule has 1 nitrogen and oxygen atoms in total. The van der Waals surface area contributed by atoms with Crippen molar-refractivity contribution in [3.05, 3.63) is 0 Å². The van der Waals surface area contributed by atoms with Gasteiger partial charge in [-0.15, -0.1) is 0 Å². The summed E-state index contributed by atoms with van der Waals surface area (Å²) in [5, 5.41) is 3.75. The van der Waals surface area contributed by atoms with Gasteiger partial charge in [-0.25, -0.2) is 0 Å². The van der Waals surface area contributed by atoms with E-state index in [1.54, 1.807) is 6.42 Å². The van der Waals surface area contributed by atoms with Gasteiger partial charge in [-0.2, -0.15) is 0 Å². The van der Waals surface area contributed by atoms with Crippen molar-refractivity contribution in [2.75, 3.05) is 6.54 Å². The summed E-state index contributed by atoms with van der Waals surface area (Å²) < 4.78 is 0. The fourth-order valence-corrected chi connectivity index (χ4v) is 3.52. The first-order valence-electron chi connectivity index (χ1n) is 6.56. The minimum atomic E-state index is 0.772. The molecule has 2 aliphatic rings. The molecule has 0 aromatic rings. The van der Waals surface area contributed by atoms with E-state index in [0.717, 1.165) is 23.8 Å². The number of hydrogen-bond donors (Lipinski definition) is 1. The lowest BCUT2D eigenvalue weighted by atomic mass is 9.88. The Kier molecular flexibility index (Phi) is 3.48. The van der Waals surface area contributed by atoms with E-state index < -0.39 is 0 Å². The molecule has 0 aromatic carbocycles. The normalized spacial score (nSPS) is 35.8. The molecule has 0 spiro atoms. The average Bonchev–Trinajstić information content (AvgIpc) is 2.80. The lowest BCUT2D eigenvalue weighted by molar-refractivity contribution is 0.302. The van der Waals surface area contributed by atoms with Crippen molar-refractivity contribution in [2.45, 2.75) is 58.4 Å². The number of nitrogens with one attached hydrogen (secondary N) is 1. The van der Waals surface area contributed by atoms with Gasteiger partial charge in [-0.1, -0.05) is 20.3 Å². The molecule has 0 saturated heterocycles. The summed E-state index contributed by atoms with van der Waals surface area (Å²) in [5.74, 6) is 3.21. The Morgan fingerprint density at radius 1 is 1.14 bits per heavy atom. The van der Waals surface area contributed by atoms with Gasteiger partial charge in [-0.3, -0.25) is 0 Å². The summed E-state index contributed by atoms with van der Waals surface area (Å²) >= 11 is 0. The molecule has 2 fully saturated rings. The third-order valence-electron chi connectivity index (χ3n) is 4.54. The van der Waals surface area contributed by atoms with E-state index in [0.29, 0.717) is 0 Å². The molecule has 2 rings (SSSR count). The van der Waals surface area contributed by atoms with Crippen molar-refractivity contribution in [3.63, 3.8) is 0 Å². The Bertz CT molecular complexity index is 174. The molecule has 0 unspecified atom stereocenters. The highest BCUT2D eigenvalue weighted by Crippen LogP contribution is 2.47. The van der Waals surface area contributed by atoms with Crippen LogP contribution in [0.25, 0.3) is 0 Å². The number of hydrogen-bond acceptors (Lipinski definition) is 1. The predicted octanol–water partition coefficient (Wildman–Crippen LogP) is 3.20. The SMILES string of the molecule is CCC(CC)NC[C@@H]1C[C@@H]2CC[C@H]1C2. The molecule has 0 aliphatic heterocycles. The summed E-state index contributed by atoms with van der Waals surface area (Å²) in [4.78, 5) is 0. The minimum absolute atomic E-state index is 0.772. The molecule has 82 valence electrons. The van der Waals surface area contributed by atoms with Crippen LogP contribution in [0.2, 0.25) is 0 Å². The largest absolute Gasteiger partial charge is 0.314 e. The topological polar surface area (TPSA) is 12.0 Å². The van der Waals surface area contributed by atoms with Crippen molar-refractivity contribution in [2.24, 2.45) is 17.8 Å². The van der Waals surface area contributed by atoms with E-state index in [4.69, 9.17) is 0 Å². The van der Waals surface area contributed by atoms with Gasteiger partial charge in [0.25, 0.3) is 0 Å². The zero-order chi connectivity index (χ0) is 9.97. The van der Waals surface area contributed by atoms with Crippen LogP contribution in [0.4, 0.5) is 0 Å². The van der Waals surface area contributed by atoms with Gasteiger partial charge < -0.3 is 5.32 Å². The highest BCUT2D eigenvalue weighted by Gasteiger charge is 2.38. The Labute approximate surface area is 88.7 Å². The van der Waals surface area contributed by atoms with E-state index in [-0.39, 0.29) is 0 Å². The van der Waals surface area contributed by atoms with Crippen LogP contribution in [0.5, 0.6) is 0 Å². The van der Waals surface area contributed by atoms with Crippen molar-refractivity contribution in [1.82, 2.24) is 5.32 Å². The molecule has 3 atom stereocenters. The second-order valence-corrected chi connectivity index (χ2v) is 5.36. The van der Waals surface area contributed by atoms with E-state index in [2.05, 4.69) is 19.2 Å². The smallest absolute Gasteiger partial charge is 0.00619 e. The van der Waals surface area contributed by atoms with Crippen molar-refractivity contribution >= 4 is 0 Å². The van der Waals surface area contributed by atoms with Crippen LogP contribution in [0, 0.1) is 17.8 Å². The van der Waals surface area contributed by atoms with Crippen LogP contribution in [0.3, 0.4) is 0 Å². The summed E-state index contributed by atoms with van der Waals surface area (Å²) in [6.07, 6.45) is 8.72. The van der Waals surface area contributed by atoms with E-state index >= 15 is 0 Å². The quantitative estimate of drug-likeness (QED) is 0.710. The Morgan fingerprint density at radius 2 is 1.93 bits per heavy atom. The van der Waals surface area contributed by atoms with Crippen LogP contribution in [0.1, 0.15) is 52.4 Å². The maximum Gasteiger partial charge on any atom is 0.00619 e. The second kappa shape index (κ2) is 4.65. The monoisotopic (exact) mass is 195 g/mol. The van der Waals surface area contributed by atoms with Crippen LogP contribution >= 0.6 is 0 Å². The Morgan fingerprint density at radius 3 is 2.43 bits per heavy atom. The molecule has 0 heterocycles. The van der Waals surface area contributed by atoms with E-state index in [1.165, 1.54) is 38.6 Å². The molecule has 2 bridgehead atoms. The predicted molar refractivity (Wildman–Crippen MR) is 61.3 cm³/mol. The van der Waals surface area contributed by atoms with Crippen LogP contribution in [-0.2, 0) is 0 Å². The third kappa shape index (κ3) is 2.13. The number of fused-ring (bicyclic) bond motifs is 2. The van der Waals surface area contributed by atoms with Gasteiger partial charge in [0.1, 0.15) is 0 Å². The molecular weight excluding hydrogens is 170 g/mol. The Balaban J connectivity index is 1.71. The molecule has 0 radical (unpaired) electrons. The van der Waals surface area contributed by atoms with Crippen molar-refractivity contribution < 1.29 is 0 Å². The lowest BCUT2D eigenvalue weighted by Crippen LogP contribution is -2.34. The zero-order valence-corrected chi connectivity index (χ0v) is 9.76. The first kappa shape index (κ1) is 10.5. The molecular formula is C13H25N. The van der Waals surface area contributed by atoms with E-state index in [1.807, 2.05) is 0 Å². The Hall–Kier alpha value is -0.0400. The maximum atomic E-state index is 3.75. The van der Waals surface area contributed by atoms with Crippen LogP contribution in [-0.4, -0.2) is 12.6 Å². The molecule has 2 aliphatic carbocycles. The average molecular weight is 195 g/mol. The minimum Gasteiger partial charge on any atom is -0.314 e. The summed E-state index contributed by atoms with van der Waals surface area (Å²) in [7, 11) is 0. The molecule has 14 heavy (non-hydrogen) atoms. The van der Waals surface area contributed by atoms with Crippen LogP contribution < -0.4 is 5.32 Å². The fourth-order valence-electron chi connectivity index (χ4n) is 3.52. The van der Waals surface area contributed by atoms with Gasteiger partial charge in [0, 0.05) is 6.04 Å². The highest BCUT2D eigenvalue weighted by molar-refractivity contribution is 4.91.